The Bertz CT molecular complexity index is 1130. The molecule has 1 aromatic carbocycles. The molecule has 9 heteroatoms. The van der Waals surface area contributed by atoms with Gasteiger partial charge < -0.3 is 19.9 Å². The van der Waals surface area contributed by atoms with E-state index in [1.54, 1.807) is 51.3 Å². The Morgan fingerprint density at radius 1 is 0.943 bits per heavy atom. The highest BCUT2D eigenvalue weighted by molar-refractivity contribution is 5.82. The lowest BCUT2D eigenvalue weighted by Crippen LogP contribution is -2.40. The van der Waals surface area contributed by atoms with Crippen molar-refractivity contribution in [1.82, 2.24) is 25.2 Å². The van der Waals surface area contributed by atoms with Gasteiger partial charge in [0.2, 0.25) is 11.9 Å². The normalized spacial score (nSPS) is 11.0. The van der Waals surface area contributed by atoms with Crippen LogP contribution in [0.2, 0.25) is 0 Å². The molecule has 2 amide bonds. The van der Waals surface area contributed by atoms with Gasteiger partial charge in [0.1, 0.15) is 12.1 Å². The maximum Gasteiger partial charge on any atom is 0.408 e. The van der Waals surface area contributed by atoms with Gasteiger partial charge in [-0.3, -0.25) is 9.78 Å². The molecule has 1 N–H and O–H groups in total. The second-order valence-corrected chi connectivity index (χ2v) is 9.25. The summed E-state index contributed by atoms with van der Waals surface area (Å²) in [4.78, 5) is 41.1. The van der Waals surface area contributed by atoms with E-state index in [1.807, 2.05) is 54.4 Å². The molecule has 35 heavy (non-hydrogen) atoms. The van der Waals surface area contributed by atoms with Crippen LogP contribution in [0.25, 0.3) is 11.1 Å². The van der Waals surface area contributed by atoms with Gasteiger partial charge in [-0.1, -0.05) is 24.3 Å². The monoisotopic (exact) mass is 476 g/mol. The summed E-state index contributed by atoms with van der Waals surface area (Å²) >= 11 is 0. The first-order valence-electron chi connectivity index (χ1n) is 11.3. The number of likely N-dealkylation sites (N-methyl/N-ethyl adjacent to an activating group) is 1. The molecule has 9 nitrogen and oxygen atoms in total. The predicted octanol–water partition coefficient (Wildman–Crippen LogP) is 3.66. The van der Waals surface area contributed by atoms with Crippen molar-refractivity contribution in [2.75, 3.05) is 25.5 Å². The molecule has 0 saturated carbocycles. The summed E-state index contributed by atoms with van der Waals surface area (Å²) in [7, 11) is 3.62. The molecule has 2 heterocycles. The Morgan fingerprint density at radius 3 is 2.34 bits per heavy atom. The Morgan fingerprint density at radius 2 is 1.69 bits per heavy atom. The number of pyridine rings is 1. The maximum atomic E-state index is 12.4. The van der Waals surface area contributed by atoms with E-state index in [9.17, 15) is 9.59 Å². The third-order valence-electron chi connectivity index (χ3n) is 4.99. The first-order chi connectivity index (χ1) is 16.6. The van der Waals surface area contributed by atoms with E-state index in [-0.39, 0.29) is 12.5 Å². The van der Waals surface area contributed by atoms with Gasteiger partial charge in [0.15, 0.2) is 0 Å². The number of amides is 2. The maximum absolute atomic E-state index is 12.4. The van der Waals surface area contributed by atoms with Crippen molar-refractivity contribution in [2.45, 2.75) is 39.5 Å². The van der Waals surface area contributed by atoms with E-state index >= 15 is 0 Å². The summed E-state index contributed by atoms with van der Waals surface area (Å²) in [6, 6.07) is 13.7. The number of ether oxygens (including phenoxy) is 1. The molecular formula is C26H32N6O3. The zero-order chi connectivity index (χ0) is 25.4. The second kappa shape index (κ2) is 11.4. The van der Waals surface area contributed by atoms with Crippen LogP contribution in [0.15, 0.2) is 61.1 Å². The SMILES string of the molecule is CN(Cc1cccc(-c2cnc(N(C)Cc3ccccn3)nc2)c1)C(=O)CNC(=O)OC(C)(C)C. The number of carbonyl (C=O) groups excluding carboxylic acids is 2. The van der Waals surface area contributed by atoms with Crippen LogP contribution in [0.5, 0.6) is 0 Å². The Hall–Kier alpha value is -4.01. The lowest BCUT2D eigenvalue weighted by molar-refractivity contribution is -0.129. The number of hydrogen-bond acceptors (Lipinski definition) is 7. The van der Waals surface area contributed by atoms with Crippen molar-refractivity contribution < 1.29 is 14.3 Å². The molecular weight excluding hydrogens is 444 g/mol. The second-order valence-electron chi connectivity index (χ2n) is 9.25. The van der Waals surface area contributed by atoms with Crippen LogP contribution in [0.1, 0.15) is 32.0 Å². The molecule has 0 fully saturated rings. The van der Waals surface area contributed by atoms with Crippen LogP contribution in [-0.4, -0.2) is 58.1 Å². The van der Waals surface area contributed by atoms with Crippen LogP contribution in [-0.2, 0) is 22.6 Å². The lowest BCUT2D eigenvalue weighted by atomic mass is 10.1. The van der Waals surface area contributed by atoms with Gasteiger partial charge in [0.05, 0.1) is 12.2 Å². The van der Waals surface area contributed by atoms with E-state index in [0.717, 1.165) is 22.4 Å². The minimum atomic E-state index is -0.615. The summed E-state index contributed by atoms with van der Waals surface area (Å²) in [5.74, 6) is 0.392. The zero-order valence-corrected chi connectivity index (χ0v) is 20.9. The summed E-state index contributed by atoms with van der Waals surface area (Å²) in [5, 5.41) is 2.50. The Balaban J connectivity index is 1.58. The van der Waals surface area contributed by atoms with Crippen molar-refractivity contribution in [1.29, 1.82) is 0 Å². The summed E-state index contributed by atoms with van der Waals surface area (Å²) < 4.78 is 5.16. The number of alkyl carbamates (subject to hydrolysis) is 1. The van der Waals surface area contributed by atoms with Crippen LogP contribution in [0.4, 0.5) is 10.7 Å². The van der Waals surface area contributed by atoms with Gasteiger partial charge in [-0.2, -0.15) is 0 Å². The molecule has 3 aromatic rings. The Kier molecular flexibility index (Phi) is 8.35. The molecule has 0 saturated heterocycles. The molecule has 0 unspecified atom stereocenters. The lowest BCUT2D eigenvalue weighted by Gasteiger charge is -2.21. The van der Waals surface area contributed by atoms with Crippen molar-refractivity contribution in [3.05, 3.63) is 72.3 Å². The number of carbonyl (C=O) groups is 2. The van der Waals surface area contributed by atoms with E-state index in [0.29, 0.717) is 19.0 Å². The van der Waals surface area contributed by atoms with Crippen LogP contribution < -0.4 is 10.2 Å². The van der Waals surface area contributed by atoms with Crippen molar-refractivity contribution in [3.8, 4) is 11.1 Å². The van der Waals surface area contributed by atoms with E-state index in [4.69, 9.17) is 4.74 Å². The molecule has 0 aliphatic rings. The fourth-order valence-electron chi connectivity index (χ4n) is 3.28. The number of nitrogens with one attached hydrogen (secondary N) is 1. The molecule has 0 aliphatic carbocycles. The average Bonchev–Trinajstić information content (AvgIpc) is 2.82. The van der Waals surface area contributed by atoms with Gasteiger partial charge in [0.25, 0.3) is 0 Å². The fourth-order valence-corrected chi connectivity index (χ4v) is 3.28. The molecule has 0 aliphatic heterocycles. The standard InChI is InChI=1S/C26H32N6O3/c1-26(2,3)35-25(34)30-16-23(33)31(4)17-19-9-8-10-20(13-19)21-14-28-24(29-15-21)32(5)18-22-11-6-7-12-27-22/h6-15H,16-18H2,1-5H3,(H,30,34). The Labute approximate surface area is 206 Å². The number of benzene rings is 1. The van der Waals surface area contributed by atoms with Crippen molar-refractivity contribution in [2.24, 2.45) is 0 Å². The van der Waals surface area contributed by atoms with Crippen molar-refractivity contribution >= 4 is 17.9 Å². The zero-order valence-electron chi connectivity index (χ0n) is 20.9. The summed E-state index contributed by atoms with van der Waals surface area (Å²) in [5.41, 5.74) is 3.11. The first kappa shape index (κ1) is 25.6. The molecule has 184 valence electrons. The highest BCUT2D eigenvalue weighted by Crippen LogP contribution is 2.21. The number of rotatable bonds is 8. The highest BCUT2D eigenvalue weighted by Gasteiger charge is 2.18. The van der Waals surface area contributed by atoms with Crippen LogP contribution >= 0.6 is 0 Å². The third-order valence-corrected chi connectivity index (χ3v) is 4.99. The van der Waals surface area contributed by atoms with Gasteiger partial charge in [-0.25, -0.2) is 14.8 Å². The van der Waals surface area contributed by atoms with E-state index in [2.05, 4.69) is 20.3 Å². The highest BCUT2D eigenvalue weighted by atomic mass is 16.6. The summed E-state index contributed by atoms with van der Waals surface area (Å²) in [6.45, 7) is 6.19. The topological polar surface area (TPSA) is 101 Å². The molecule has 3 rings (SSSR count). The predicted molar refractivity (Wildman–Crippen MR) is 135 cm³/mol. The van der Waals surface area contributed by atoms with Crippen LogP contribution in [0.3, 0.4) is 0 Å². The minimum Gasteiger partial charge on any atom is -0.444 e. The molecule has 2 aromatic heterocycles. The van der Waals surface area contributed by atoms with Gasteiger partial charge in [-0.15, -0.1) is 0 Å². The number of aromatic nitrogens is 3. The van der Waals surface area contributed by atoms with Gasteiger partial charge in [-0.05, 0) is 50.1 Å². The minimum absolute atomic E-state index is 0.133. The molecule has 0 radical (unpaired) electrons. The quantitative estimate of drug-likeness (QED) is 0.529. The number of nitrogens with zero attached hydrogens (tertiary/aromatic N) is 5. The fraction of sp³-hybridized carbons (Fsp3) is 0.346. The molecule has 0 bridgehead atoms. The average molecular weight is 477 g/mol. The van der Waals surface area contributed by atoms with E-state index < -0.39 is 11.7 Å². The molecule has 0 spiro atoms. The van der Waals surface area contributed by atoms with Gasteiger partial charge >= 0.3 is 6.09 Å². The van der Waals surface area contributed by atoms with Gasteiger partial charge in [0, 0.05) is 44.8 Å². The van der Waals surface area contributed by atoms with Crippen LogP contribution in [0, 0.1) is 0 Å². The number of anilines is 1. The van der Waals surface area contributed by atoms with E-state index in [1.165, 1.54) is 0 Å². The first-order valence-corrected chi connectivity index (χ1v) is 11.3. The summed E-state index contributed by atoms with van der Waals surface area (Å²) in [6.07, 6.45) is 4.73. The number of hydrogen-bond donors (Lipinski definition) is 1. The largest absolute Gasteiger partial charge is 0.444 e. The van der Waals surface area contributed by atoms with Crippen molar-refractivity contribution in [3.63, 3.8) is 0 Å². The smallest absolute Gasteiger partial charge is 0.408 e. The third kappa shape index (κ3) is 8.06. The molecule has 0 atom stereocenters.